The van der Waals surface area contributed by atoms with Crippen LogP contribution in [0.1, 0.15) is 28.8 Å². The van der Waals surface area contributed by atoms with Crippen LogP contribution in [0, 0.1) is 10.1 Å². The van der Waals surface area contributed by atoms with Crippen LogP contribution in [-0.4, -0.2) is 44.7 Å². The summed E-state index contributed by atoms with van der Waals surface area (Å²) in [4.78, 5) is 25.6. The van der Waals surface area contributed by atoms with Crippen molar-refractivity contribution in [2.45, 2.75) is 19.3 Å². The second-order valence-electron chi connectivity index (χ2n) is 6.96. The normalized spacial score (nSPS) is 13.2. The summed E-state index contributed by atoms with van der Waals surface area (Å²) in [5.74, 6) is 0.875. The number of nitro groups is 1. The molecule has 0 radical (unpaired) electrons. The Morgan fingerprint density at radius 3 is 2.47 bits per heavy atom. The van der Waals surface area contributed by atoms with Crippen molar-refractivity contribution in [3.05, 3.63) is 56.0 Å². The molecule has 1 fully saturated rings. The molecule has 1 saturated heterocycles. The first-order valence-corrected chi connectivity index (χ1v) is 10.5. The largest absolute Gasteiger partial charge is 0.493 e. The molecule has 0 atom stereocenters. The molecular formula is C21H24BrN3O5. The van der Waals surface area contributed by atoms with Crippen LogP contribution in [0.2, 0.25) is 0 Å². The van der Waals surface area contributed by atoms with Gasteiger partial charge in [0.2, 0.25) is 0 Å². The summed E-state index contributed by atoms with van der Waals surface area (Å²) in [6.45, 7) is 1.97. The Morgan fingerprint density at radius 2 is 1.83 bits per heavy atom. The van der Waals surface area contributed by atoms with Gasteiger partial charge in [-0.3, -0.25) is 14.9 Å². The third-order valence-electron chi connectivity index (χ3n) is 5.11. The van der Waals surface area contributed by atoms with Crippen molar-refractivity contribution >= 4 is 33.2 Å². The lowest BCUT2D eigenvalue weighted by Crippen LogP contribution is -2.26. The highest BCUT2D eigenvalue weighted by Gasteiger charge is 2.23. The second-order valence-corrected chi connectivity index (χ2v) is 7.81. The van der Waals surface area contributed by atoms with Crippen LogP contribution in [0.15, 0.2) is 34.8 Å². The van der Waals surface area contributed by atoms with Gasteiger partial charge in [-0.05, 0) is 49.1 Å². The number of benzene rings is 2. The van der Waals surface area contributed by atoms with Crippen LogP contribution in [0.5, 0.6) is 11.5 Å². The van der Waals surface area contributed by atoms with Crippen molar-refractivity contribution in [2.75, 3.05) is 38.8 Å². The number of amides is 1. The van der Waals surface area contributed by atoms with Gasteiger partial charge in [-0.1, -0.05) is 15.9 Å². The number of carbonyl (C=O) groups excluding carboxylic acids is 1. The van der Waals surface area contributed by atoms with E-state index >= 15 is 0 Å². The third-order valence-corrected chi connectivity index (χ3v) is 5.85. The van der Waals surface area contributed by atoms with Gasteiger partial charge in [0.15, 0.2) is 11.5 Å². The fraction of sp³-hybridized carbons (Fsp3) is 0.381. The van der Waals surface area contributed by atoms with E-state index in [0.717, 1.165) is 36.0 Å². The minimum absolute atomic E-state index is 0.0350. The smallest absolute Gasteiger partial charge is 0.293 e. The van der Waals surface area contributed by atoms with E-state index in [2.05, 4.69) is 21.2 Å². The molecule has 1 aliphatic rings. The molecule has 160 valence electrons. The average Bonchev–Trinajstić information content (AvgIpc) is 3.28. The first-order valence-electron chi connectivity index (χ1n) is 9.66. The number of hydrogen-bond acceptors (Lipinski definition) is 6. The molecule has 1 aliphatic heterocycles. The first kappa shape index (κ1) is 21.9. The SMILES string of the molecule is COc1cc(Br)c(CCNC(=O)c2ccc(N3CCCC3)c([N+](=O)[O-])c2)cc1OC. The summed E-state index contributed by atoms with van der Waals surface area (Å²) in [5, 5.41) is 14.4. The van der Waals surface area contributed by atoms with Crippen LogP contribution in [-0.2, 0) is 6.42 Å². The lowest BCUT2D eigenvalue weighted by atomic mass is 10.1. The topological polar surface area (TPSA) is 93.9 Å². The van der Waals surface area contributed by atoms with Crippen molar-refractivity contribution in [1.29, 1.82) is 0 Å². The van der Waals surface area contributed by atoms with Crippen LogP contribution in [0.25, 0.3) is 0 Å². The number of carbonyl (C=O) groups is 1. The lowest BCUT2D eigenvalue weighted by molar-refractivity contribution is -0.384. The molecule has 30 heavy (non-hydrogen) atoms. The summed E-state index contributed by atoms with van der Waals surface area (Å²) in [6, 6.07) is 8.34. The lowest BCUT2D eigenvalue weighted by Gasteiger charge is -2.18. The fourth-order valence-electron chi connectivity index (χ4n) is 3.54. The zero-order valence-corrected chi connectivity index (χ0v) is 18.5. The zero-order chi connectivity index (χ0) is 21.7. The Kier molecular flexibility index (Phi) is 7.15. The Balaban J connectivity index is 1.68. The highest BCUT2D eigenvalue weighted by atomic mass is 79.9. The van der Waals surface area contributed by atoms with E-state index in [9.17, 15) is 14.9 Å². The van der Waals surface area contributed by atoms with Crippen LogP contribution in [0.4, 0.5) is 11.4 Å². The second kappa shape index (κ2) is 9.80. The monoisotopic (exact) mass is 477 g/mol. The fourth-order valence-corrected chi connectivity index (χ4v) is 4.06. The van der Waals surface area contributed by atoms with Gasteiger partial charge in [0.25, 0.3) is 11.6 Å². The minimum Gasteiger partial charge on any atom is -0.493 e. The molecule has 8 nitrogen and oxygen atoms in total. The number of nitrogens with zero attached hydrogens (tertiary/aromatic N) is 2. The van der Waals surface area contributed by atoms with E-state index in [4.69, 9.17) is 9.47 Å². The molecule has 0 saturated carbocycles. The first-order chi connectivity index (χ1) is 14.4. The van der Waals surface area contributed by atoms with Gasteiger partial charge in [0, 0.05) is 35.7 Å². The van der Waals surface area contributed by atoms with E-state index in [1.165, 1.54) is 6.07 Å². The van der Waals surface area contributed by atoms with Gasteiger partial charge < -0.3 is 19.7 Å². The Bertz CT molecular complexity index is 944. The molecule has 1 N–H and O–H groups in total. The Morgan fingerprint density at radius 1 is 1.17 bits per heavy atom. The van der Waals surface area contributed by atoms with Gasteiger partial charge in [-0.15, -0.1) is 0 Å². The Labute approximate surface area is 183 Å². The number of anilines is 1. The van der Waals surface area contributed by atoms with Gasteiger partial charge in [0.05, 0.1) is 19.1 Å². The highest BCUT2D eigenvalue weighted by molar-refractivity contribution is 9.10. The third kappa shape index (κ3) is 4.84. The van der Waals surface area contributed by atoms with E-state index in [-0.39, 0.29) is 17.2 Å². The summed E-state index contributed by atoms with van der Waals surface area (Å²) >= 11 is 3.50. The van der Waals surface area contributed by atoms with Crippen molar-refractivity contribution in [3.63, 3.8) is 0 Å². The molecule has 2 aromatic carbocycles. The average molecular weight is 478 g/mol. The molecule has 1 heterocycles. The van der Waals surface area contributed by atoms with Gasteiger partial charge in [0.1, 0.15) is 5.69 Å². The number of methoxy groups -OCH3 is 2. The summed E-state index contributed by atoms with van der Waals surface area (Å²) in [6.07, 6.45) is 2.59. The Hall–Kier alpha value is -2.81. The van der Waals surface area contributed by atoms with Gasteiger partial charge >= 0.3 is 0 Å². The van der Waals surface area contributed by atoms with Crippen molar-refractivity contribution in [3.8, 4) is 11.5 Å². The highest BCUT2D eigenvalue weighted by Crippen LogP contribution is 2.34. The van der Waals surface area contributed by atoms with Crippen LogP contribution in [0.3, 0.4) is 0 Å². The van der Waals surface area contributed by atoms with Crippen molar-refractivity contribution in [1.82, 2.24) is 5.32 Å². The molecule has 3 rings (SSSR count). The van der Waals surface area contributed by atoms with Crippen LogP contribution >= 0.6 is 15.9 Å². The molecule has 0 aliphatic carbocycles. The number of ether oxygens (including phenoxy) is 2. The maximum Gasteiger partial charge on any atom is 0.293 e. The molecule has 0 aromatic heterocycles. The standard InChI is InChI=1S/C21H24BrN3O5/c1-29-19-12-14(16(22)13-20(19)30-2)7-8-23-21(26)15-5-6-17(18(11-15)25(27)28)24-9-3-4-10-24/h5-6,11-13H,3-4,7-10H2,1-2H3,(H,23,26). The maximum absolute atomic E-state index is 12.5. The predicted molar refractivity (Wildman–Crippen MR) is 118 cm³/mol. The van der Waals surface area contributed by atoms with Crippen LogP contribution < -0.4 is 19.7 Å². The van der Waals surface area contributed by atoms with Gasteiger partial charge in [-0.25, -0.2) is 0 Å². The quantitative estimate of drug-likeness (QED) is 0.456. The van der Waals surface area contributed by atoms with E-state index in [1.807, 2.05) is 17.0 Å². The molecular weight excluding hydrogens is 454 g/mol. The number of hydrogen-bond donors (Lipinski definition) is 1. The minimum atomic E-state index is -0.425. The molecule has 1 amide bonds. The molecule has 2 aromatic rings. The van der Waals surface area contributed by atoms with E-state index in [1.54, 1.807) is 26.4 Å². The number of nitrogens with one attached hydrogen (secondary N) is 1. The molecule has 0 spiro atoms. The van der Waals surface area contributed by atoms with Crippen molar-refractivity contribution in [2.24, 2.45) is 0 Å². The zero-order valence-electron chi connectivity index (χ0n) is 16.9. The molecule has 9 heteroatoms. The maximum atomic E-state index is 12.5. The number of nitro benzene ring substituents is 1. The summed E-state index contributed by atoms with van der Waals surface area (Å²) in [5.41, 5.74) is 1.76. The predicted octanol–water partition coefficient (Wildman–Crippen LogP) is 3.95. The van der Waals surface area contributed by atoms with Crippen molar-refractivity contribution < 1.29 is 19.2 Å². The molecule has 0 unspecified atom stereocenters. The molecule has 0 bridgehead atoms. The van der Waals surface area contributed by atoms with E-state index in [0.29, 0.717) is 30.2 Å². The van der Waals surface area contributed by atoms with Gasteiger partial charge in [-0.2, -0.15) is 0 Å². The summed E-state index contributed by atoms with van der Waals surface area (Å²) in [7, 11) is 3.13. The number of rotatable bonds is 8. The summed E-state index contributed by atoms with van der Waals surface area (Å²) < 4.78 is 11.4. The van der Waals surface area contributed by atoms with E-state index < -0.39 is 4.92 Å². The number of halogens is 1.